The number of halogens is 1. The minimum absolute atomic E-state index is 0.0643. The van der Waals surface area contributed by atoms with Crippen molar-refractivity contribution in [1.82, 2.24) is 10.2 Å². The fourth-order valence-electron chi connectivity index (χ4n) is 4.38. The standard InChI is InChI=1S/C23H23FN2O3/c1-2-25-22(29)23(12-15-6-3-4-9-19(15)24)13-26(14-23)21(28)18-8-5-7-17-16(18)10-11-20(17)27/h3-9H,2,10-14H2,1H3,(H,25,29). The van der Waals surface area contributed by atoms with Gasteiger partial charge in [-0.25, -0.2) is 4.39 Å². The Morgan fingerprint density at radius 3 is 2.59 bits per heavy atom. The molecule has 1 saturated heterocycles. The molecule has 1 aliphatic carbocycles. The number of carbonyl (C=O) groups excluding carboxylic acids is 3. The van der Waals surface area contributed by atoms with Crippen LogP contribution in [0.2, 0.25) is 0 Å². The fourth-order valence-corrected chi connectivity index (χ4v) is 4.38. The molecule has 0 radical (unpaired) electrons. The minimum atomic E-state index is -0.846. The maximum atomic E-state index is 14.2. The molecule has 2 aromatic carbocycles. The number of benzene rings is 2. The van der Waals surface area contributed by atoms with Crippen molar-refractivity contribution in [2.45, 2.75) is 26.2 Å². The van der Waals surface area contributed by atoms with Crippen molar-refractivity contribution in [2.24, 2.45) is 5.41 Å². The molecular weight excluding hydrogens is 371 g/mol. The molecule has 0 atom stereocenters. The molecule has 0 aromatic heterocycles. The van der Waals surface area contributed by atoms with E-state index in [9.17, 15) is 18.8 Å². The average molecular weight is 394 g/mol. The van der Waals surface area contributed by atoms with Crippen molar-refractivity contribution < 1.29 is 18.8 Å². The highest BCUT2D eigenvalue weighted by atomic mass is 19.1. The molecule has 1 fully saturated rings. The van der Waals surface area contributed by atoms with Gasteiger partial charge in [0.25, 0.3) is 5.91 Å². The summed E-state index contributed by atoms with van der Waals surface area (Å²) in [5.74, 6) is -0.624. The van der Waals surface area contributed by atoms with Crippen LogP contribution in [0.3, 0.4) is 0 Å². The summed E-state index contributed by atoms with van der Waals surface area (Å²) in [4.78, 5) is 39.5. The average Bonchev–Trinajstić information content (AvgIpc) is 3.06. The van der Waals surface area contributed by atoms with Crippen LogP contribution in [0.4, 0.5) is 4.39 Å². The zero-order chi connectivity index (χ0) is 20.6. The van der Waals surface area contributed by atoms with Crippen molar-refractivity contribution >= 4 is 17.6 Å². The van der Waals surface area contributed by atoms with Gasteiger partial charge in [0.1, 0.15) is 5.82 Å². The number of rotatable bonds is 5. The first-order valence-electron chi connectivity index (χ1n) is 9.91. The Morgan fingerprint density at radius 1 is 1.10 bits per heavy atom. The van der Waals surface area contributed by atoms with Crippen LogP contribution in [-0.2, 0) is 17.6 Å². The van der Waals surface area contributed by atoms with E-state index in [1.807, 2.05) is 6.92 Å². The summed E-state index contributed by atoms with van der Waals surface area (Å²) in [5.41, 5.74) is 1.58. The lowest BCUT2D eigenvalue weighted by molar-refractivity contribution is -0.139. The number of nitrogens with zero attached hydrogens (tertiary/aromatic N) is 1. The van der Waals surface area contributed by atoms with Gasteiger partial charge in [-0.15, -0.1) is 0 Å². The van der Waals surface area contributed by atoms with Crippen molar-refractivity contribution in [3.63, 3.8) is 0 Å². The lowest BCUT2D eigenvalue weighted by Gasteiger charge is -2.49. The zero-order valence-electron chi connectivity index (χ0n) is 16.3. The van der Waals surface area contributed by atoms with E-state index in [1.54, 1.807) is 41.3 Å². The summed E-state index contributed by atoms with van der Waals surface area (Å²) >= 11 is 0. The minimum Gasteiger partial charge on any atom is -0.356 e. The van der Waals surface area contributed by atoms with Crippen LogP contribution in [0, 0.1) is 11.2 Å². The van der Waals surface area contributed by atoms with E-state index < -0.39 is 5.41 Å². The molecule has 1 aliphatic heterocycles. The highest BCUT2D eigenvalue weighted by Gasteiger charge is 2.51. The summed E-state index contributed by atoms with van der Waals surface area (Å²) in [6.07, 6.45) is 1.23. The number of hydrogen-bond donors (Lipinski definition) is 1. The maximum Gasteiger partial charge on any atom is 0.254 e. The smallest absolute Gasteiger partial charge is 0.254 e. The van der Waals surface area contributed by atoms with Crippen LogP contribution in [0.25, 0.3) is 0 Å². The second kappa shape index (κ2) is 7.43. The van der Waals surface area contributed by atoms with Crippen LogP contribution in [0.1, 0.15) is 45.2 Å². The summed E-state index contributed by atoms with van der Waals surface area (Å²) in [6.45, 7) is 2.76. The highest BCUT2D eigenvalue weighted by molar-refractivity contribution is 6.06. The number of Topliss-reactive ketones (excluding diaryl/α,β-unsaturated/α-hetero) is 1. The molecule has 1 heterocycles. The van der Waals surface area contributed by atoms with E-state index in [4.69, 9.17) is 0 Å². The molecular formula is C23H23FN2O3. The molecule has 0 bridgehead atoms. The lowest BCUT2D eigenvalue weighted by atomic mass is 9.73. The van der Waals surface area contributed by atoms with Crippen molar-refractivity contribution in [3.8, 4) is 0 Å². The molecule has 29 heavy (non-hydrogen) atoms. The van der Waals surface area contributed by atoms with Gasteiger partial charge in [-0.1, -0.05) is 30.3 Å². The Bertz CT molecular complexity index is 995. The third kappa shape index (κ3) is 3.33. The van der Waals surface area contributed by atoms with E-state index >= 15 is 0 Å². The molecule has 0 spiro atoms. The summed E-state index contributed by atoms with van der Waals surface area (Å²) < 4.78 is 14.2. The number of carbonyl (C=O) groups is 3. The van der Waals surface area contributed by atoms with E-state index in [1.165, 1.54) is 6.07 Å². The number of likely N-dealkylation sites (tertiary alicyclic amines) is 1. The monoisotopic (exact) mass is 394 g/mol. The second-order valence-corrected chi connectivity index (χ2v) is 7.82. The van der Waals surface area contributed by atoms with Crippen LogP contribution in [0.5, 0.6) is 0 Å². The quantitative estimate of drug-likeness (QED) is 0.848. The Morgan fingerprint density at radius 2 is 1.86 bits per heavy atom. The highest BCUT2D eigenvalue weighted by Crippen LogP contribution is 2.37. The van der Waals surface area contributed by atoms with Gasteiger partial charge >= 0.3 is 0 Å². The fraction of sp³-hybridized carbons (Fsp3) is 0.348. The third-order valence-corrected chi connectivity index (χ3v) is 5.89. The summed E-state index contributed by atoms with van der Waals surface area (Å²) in [7, 11) is 0. The topological polar surface area (TPSA) is 66.5 Å². The number of ketones is 1. The normalized spacial score (nSPS) is 16.9. The van der Waals surface area contributed by atoms with Gasteiger partial charge < -0.3 is 10.2 Å². The zero-order valence-corrected chi connectivity index (χ0v) is 16.3. The number of hydrogen-bond acceptors (Lipinski definition) is 3. The molecule has 6 heteroatoms. The molecule has 2 aliphatic rings. The van der Waals surface area contributed by atoms with Crippen LogP contribution in [0.15, 0.2) is 42.5 Å². The Kier molecular flexibility index (Phi) is 4.94. The van der Waals surface area contributed by atoms with Gasteiger partial charge in [-0.3, -0.25) is 14.4 Å². The van der Waals surface area contributed by atoms with Gasteiger partial charge in [-0.2, -0.15) is 0 Å². The van der Waals surface area contributed by atoms with E-state index in [0.717, 1.165) is 5.56 Å². The Balaban J connectivity index is 1.57. The lowest BCUT2D eigenvalue weighted by Crippen LogP contribution is -2.65. The Labute approximate surface area is 168 Å². The number of amides is 2. The molecule has 0 unspecified atom stereocenters. The molecule has 2 amide bonds. The summed E-state index contributed by atoms with van der Waals surface area (Å²) in [6, 6.07) is 11.6. The van der Waals surface area contributed by atoms with Crippen LogP contribution >= 0.6 is 0 Å². The predicted octanol–water partition coefficient (Wildman–Crippen LogP) is 2.78. The largest absolute Gasteiger partial charge is 0.356 e. The molecule has 4 rings (SSSR count). The van der Waals surface area contributed by atoms with Crippen molar-refractivity contribution in [1.29, 1.82) is 0 Å². The van der Waals surface area contributed by atoms with E-state index in [2.05, 4.69) is 5.32 Å². The molecule has 0 saturated carbocycles. The first kappa shape index (κ1) is 19.3. The van der Waals surface area contributed by atoms with E-state index in [-0.39, 0.29) is 42.9 Å². The van der Waals surface area contributed by atoms with Crippen molar-refractivity contribution in [3.05, 3.63) is 70.5 Å². The Hall–Kier alpha value is -3.02. The number of nitrogens with one attached hydrogen (secondary N) is 1. The van der Waals surface area contributed by atoms with Gasteiger partial charge in [0.15, 0.2) is 5.78 Å². The molecule has 5 nitrogen and oxygen atoms in total. The van der Waals surface area contributed by atoms with Gasteiger partial charge in [0.05, 0.1) is 5.41 Å². The number of fused-ring (bicyclic) bond motifs is 1. The molecule has 150 valence electrons. The van der Waals surface area contributed by atoms with Gasteiger partial charge in [-0.05, 0) is 43.0 Å². The van der Waals surface area contributed by atoms with Crippen molar-refractivity contribution in [2.75, 3.05) is 19.6 Å². The third-order valence-electron chi connectivity index (χ3n) is 5.89. The molecule has 2 aromatic rings. The maximum absolute atomic E-state index is 14.2. The first-order chi connectivity index (χ1) is 13.9. The predicted molar refractivity (Wildman–Crippen MR) is 106 cm³/mol. The van der Waals surface area contributed by atoms with Gasteiger partial charge in [0.2, 0.25) is 5.91 Å². The SMILES string of the molecule is CCNC(=O)C1(Cc2ccccc2F)CN(C(=O)c2cccc3c2CCC3=O)C1. The van der Waals surface area contributed by atoms with Gasteiger partial charge in [0, 0.05) is 37.2 Å². The molecule has 1 N–H and O–H groups in total. The van der Waals surface area contributed by atoms with Crippen LogP contribution in [-0.4, -0.2) is 42.1 Å². The van der Waals surface area contributed by atoms with Crippen LogP contribution < -0.4 is 5.32 Å². The second-order valence-electron chi connectivity index (χ2n) is 7.82. The summed E-state index contributed by atoms with van der Waals surface area (Å²) in [5, 5.41) is 2.83. The first-order valence-corrected chi connectivity index (χ1v) is 9.91. The van der Waals surface area contributed by atoms with E-state index in [0.29, 0.717) is 36.1 Å².